The predicted molar refractivity (Wildman–Crippen MR) is 58.6 cm³/mol. The van der Waals surface area contributed by atoms with E-state index >= 15 is 0 Å². The van der Waals surface area contributed by atoms with Gasteiger partial charge in [0, 0.05) is 13.1 Å². The van der Waals surface area contributed by atoms with Crippen LogP contribution in [0.2, 0.25) is 0 Å². The number of rotatable bonds is 4. The number of morpholine rings is 1. The minimum absolute atomic E-state index is 0.0362. The summed E-state index contributed by atoms with van der Waals surface area (Å²) in [6.45, 7) is 3.01. The molecule has 1 aliphatic rings. The van der Waals surface area contributed by atoms with Crippen molar-refractivity contribution in [2.45, 2.75) is 12.7 Å². The van der Waals surface area contributed by atoms with Crippen LogP contribution in [0, 0.1) is 11.6 Å². The van der Waals surface area contributed by atoms with Crippen molar-refractivity contribution in [2.24, 2.45) is 0 Å². The zero-order valence-electron chi connectivity index (χ0n) is 9.42. The lowest BCUT2D eigenvalue weighted by molar-refractivity contribution is -0.0358. The standard InChI is InChI=1S/C12H15F2NO2/c13-11-2-1-9(5-12(11)14)7-16-8-10-6-15-3-4-17-10/h1-2,5,10,15H,3-4,6-8H2. The molecule has 0 aromatic heterocycles. The minimum Gasteiger partial charge on any atom is -0.374 e. The smallest absolute Gasteiger partial charge is 0.159 e. The molecular weight excluding hydrogens is 228 g/mol. The zero-order valence-corrected chi connectivity index (χ0v) is 9.42. The Labute approximate surface area is 98.7 Å². The van der Waals surface area contributed by atoms with E-state index in [1.807, 2.05) is 0 Å². The highest BCUT2D eigenvalue weighted by Crippen LogP contribution is 2.10. The van der Waals surface area contributed by atoms with Gasteiger partial charge in [-0.05, 0) is 17.7 Å². The van der Waals surface area contributed by atoms with Crippen molar-refractivity contribution in [2.75, 3.05) is 26.3 Å². The molecule has 0 bridgehead atoms. The van der Waals surface area contributed by atoms with E-state index in [2.05, 4.69) is 5.32 Å². The number of benzene rings is 1. The third kappa shape index (κ3) is 3.73. The van der Waals surface area contributed by atoms with Crippen molar-refractivity contribution < 1.29 is 18.3 Å². The first-order valence-corrected chi connectivity index (χ1v) is 5.59. The first-order chi connectivity index (χ1) is 8.25. The van der Waals surface area contributed by atoms with Crippen molar-refractivity contribution in [3.63, 3.8) is 0 Å². The summed E-state index contributed by atoms with van der Waals surface area (Å²) in [5, 5.41) is 3.19. The molecule has 1 unspecified atom stereocenters. The van der Waals surface area contributed by atoms with Crippen LogP contribution in [0.1, 0.15) is 5.56 Å². The summed E-state index contributed by atoms with van der Waals surface area (Å²) in [5.41, 5.74) is 0.618. The van der Waals surface area contributed by atoms with E-state index in [0.717, 1.165) is 25.2 Å². The second-order valence-electron chi connectivity index (χ2n) is 3.96. The predicted octanol–water partition coefficient (Wildman–Crippen LogP) is 1.47. The topological polar surface area (TPSA) is 30.5 Å². The first-order valence-electron chi connectivity index (χ1n) is 5.59. The summed E-state index contributed by atoms with van der Waals surface area (Å²) in [6.07, 6.45) is 0.0362. The molecule has 1 aromatic carbocycles. The van der Waals surface area contributed by atoms with E-state index in [9.17, 15) is 8.78 Å². The lowest BCUT2D eigenvalue weighted by Crippen LogP contribution is -2.40. The van der Waals surface area contributed by atoms with Gasteiger partial charge in [0.1, 0.15) is 0 Å². The molecule has 0 aliphatic carbocycles. The van der Waals surface area contributed by atoms with Crippen LogP contribution < -0.4 is 5.32 Å². The Hall–Kier alpha value is -1.04. The van der Waals surface area contributed by atoms with Gasteiger partial charge in [-0.1, -0.05) is 6.07 Å². The van der Waals surface area contributed by atoms with Crippen molar-refractivity contribution in [1.82, 2.24) is 5.32 Å². The number of hydrogen-bond donors (Lipinski definition) is 1. The van der Waals surface area contributed by atoms with Gasteiger partial charge >= 0.3 is 0 Å². The van der Waals surface area contributed by atoms with Crippen LogP contribution in [0.15, 0.2) is 18.2 Å². The summed E-state index contributed by atoms with van der Waals surface area (Å²) < 4.78 is 36.4. The van der Waals surface area contributed by atoms with Gasteiger partial charge < -0.3 is 14.8 Å². The quantitative estimate of drug-likeness (QED) is 0.868. The first kappa shape index (κ1) is 12.4. The van der Waals surface area contributed by atoms with Crippen LogP contribution in [0.5, 0.6) is 0 Å². The maximum atomic E-state index is 12.9. The Morgan fingerprint density at radius 1 is 1.35 bits per heavy atom. The fourth-order valence-electron chi connectivity index (χ4n) is 1.66. The largest absolute Gasteiger partial charge is 0.374 e. The van der Waals surface area contributed by atoms with Crippen molar-refractivity contribution in [1.29, 1.82) is 0 Å². The molecule has 94 valence electrons. The average Bonchev–Trinajstić information content (AvgIpc) is 2.35. The molecule has 0 saturated carbocycles. The minimum atomic E-state index is -0.846. The number of halogens is 2. The van der Waals surface area contributed by atoms with Crippen molar-refractivity contribution in [3.8, 4) is 0 Å². The van der Waals surface area contributed by atoms with E-state index in [1.165, 1.54) is 6.07 Å². The summed E-state index contributed by atoms with van der Waals surface area (Å²) in [4.78, 5) is 0. The SMILES string of the molecule is Fc1ccc(COCC2CNCCO2)cc1F. The van der Waals surface area contributed by atoms with E-state index < -0.39 is 11.6 Å². The fourth-order valence-corrected chi connectivity index (χ4v) is 1.66. The second kappa shape index (κ2) is 6.05. The van der Waals surface area contributed by atoms with Crippen LogP contribution >= 0.6 is 0 Å². The van der Waals surface area contributed by atoms with Crippen LogP contribution in [0.3, 0.4) is 0 Å². The van der Waals surface area contributed by atoms with Gasteiger partial charge in [0.2, 0.25) is 0 Å². The van der Waals surface area contributed by atoms with Gasteiger partial charge in [0.15, 0.2) is 11.6 Å². The van der Waals surface area contributed by atoms with Crippen LogP contribution in [-0.4, -0.2) is 32.4 Å². The third-order valence-electron chi connectivity index (χ3n) is 2.56. The van der Waals surface area contributed by atoms with Crippen LogP contribution in [-0.2, 0) is 16.1 Å². The molecule has 0 amide bonds. The molecule has 17 heavy (non-hydrogen) atoms. The Bertz CT molecular complexity index is 368. The zero-order chi connectivity index (χ0) is 12.1. The summed E-state index contributed by atoms with van der Waals surface area (Å²) in [6, 6.07) is 3.76. The second-order valence-corrected chi connectivity index (χ2v) is 3.96. The lowest BCUT2D eigenvalue weighted by Gasteiger charge is -2.23. The molecule has 1 heterocycles. The van der Waals surface area contributed by atoms with Gasteiger partial charge in [-0.25, -0.2) is 8.78 Å². The van der Waals surface area contributed by atoms with Gasteiger partial charge in [-0.15, -0.1) is 0 Å². The van der Waals surface area contributed by atoms with Gasteiger partial charge in [-0.2, -0.15) is 0 Å². The molecule has 1 aliphatic heterocycles. The molecule has 2 rings (SSSR count). The van der Waals surface area contributed by atoms with Crippen molar-refractivity contribution in [3.05, 3.63) is 35.4 Å². The molecule has 0 spiro atoms. The average molecular weight is 243 g/mol. The van der Waals surface area contributed by atoms with Crippen LogP contribution in [0.25, 0.3) is 0 Å². The highest BCUT2D eigenvalue weighted by molar-refractivity contribution is 5.16. The van der Waals surface area contributed by atoms with Crippen molar-refractivity contribution >= 4 is 0 Å². The fraction of sp³-hybridized carbons (Fsp3) is 0.500. The van der Waals surface area contributed by atoms with E-state index in [4.69, 9.17) is 9.47 Å². The summed E-state index contributed by atoms with van der Waals surface area (Å²) in [7, 11) is 0. The molecule has 1 fully saturated rings. The molecule has 1 aromatic rings. The molecule has 5 heteroatoms. The summed E-state index contributed by atoms with van der Waals surface area (Å²) >= 11 is 0. The lowest BCUT2D eigenvalue weighted by atomic mass is 10.2. The van der Waals surface area contributed by atoms with E-state index in [0.29, 0.717) is 18.8 Å². The monoisotopic (exact) mass is 243 g/mol. The molecule has 0 radical (unpaired) electrons. The van der Waals surface area contributed by atoms with E-state index in [-0.39, 0.29) is 12.7 Å². The van der Waals surface area contributed by atoms with Gasteiger partial charge in [0.25, 0.3) is 0 Å². The molecule has 1 atom stereocenters. The number of nitrogens with one attached hydrogen (secondary N) is 1. The molecule has 3 nitrogen and oxygen atoms in total. The highest BCUT2D eigenvalue weighted by Gasteiger charge is 2.13. The Balaban J connectivity index is 1.75. The maximum absolute atomic E-state index is 12.9. The third-order valence-corrected chi connectivity index (χ3v) is 2.56. The summed E-state index contributed by atoms with van der Waals surface area (Å²) in [5.74, 6) is -1.68. The van der Waals surface area contributed by atoms with Gasteiger partial charge in [-0.3, -0.25) is 0 Å². The van der Waals surface area contributed by atoms with Crippen LogP contribution in [0.4, 0.5) is 8.78 Å². The Morgan fingerprint density at radius 2 is 2.24 bits per heavy atom. The Morgan fingerprint density at radius 3 is 2.94 bits per heavy atom. The molecule has 1 N–H and O–H groups in total. The normalized spacial score (nSPS) is 20.5. The maximum Gasteiger partial charge on any atom is 0.159 e. The Kier molecular flexibility index (Phi) is 4.42. The molecule has 1 saturated heterocycles. The number of hydrogen-bond acceptors (Lipinski definition) is 3. The van der Waals surface area contributed by atoms with Gasteiger partial charge in [0.05, 0.1) is 25.9 Å². The number of ether oxygens (including phenoxy) is 2. The highest BCUT2D eigenvalue weighted by atomic mass is 19.2. The van der Waals surface area contributed by atoms with E-state index in [1.54, 1.807) is 0 Å². The molecular formula is C12H15F2NO2.